The van der Waals surface area contributed by atoms with Crippen molar-refractivity contribution >= 4 is 48.7 Å². The lowest BCUT2D eigenvalue weighted by Gasteiger charge is -2.33. The fraction of sp³-hybridized carbons (Fsp3) is 0.667. The number of fused-ring (bicyclic) bond motifs is 1. The molecule has 1 saturated carbocycles. The SMILES string of the molecule is CC(=O)OC1CC(C)OC(Oc2cn(C)c3cc(Br)c(OCC4CCCCCCC4C)c(Br)c23)C1. The van der Waals surface area contributed by atoms with Crippen molar-refractivity contribution in [1.82, 2.24) is 4.57 Å². The van der Waals surface area contributed by atoms with Crippen LogP contribution >= 0.6 is 31.9 Å². The summed E-state index contributed by atoms with van der Waals surface area (Å²) in [4.78, 5) is 11.5. The fourth-order valence-corrected chi connectivity index (χ4v) is 6.94. The van der Waals surface area contributed by atoms with Gasteiger partial charge in [0.1, 0.15) is 17.6 Å². The molecule has 1 saturated heterocycles. The quantitative estimate of drug-likeness (QED) is 0.315. The van der Waals surface area contributed by atoms with Crippen LogP contribution in [0, 0.1) is 11.8 Å². The minimum absolute atomic E-state index is 0.0599. The predicted molar refractivity (Wildman–Crippen MR) is 144 cm³/mol. The van der Waals surface area contributed by atoms with E-state index in [1.165, 1.54) is 45.4 Å². The Hall–Kier alpha value is -1.25. The average molecular weight is 615 g/mol. The Labute approximate surface area is 225 Å². The van der Waals surface area contributed by atoms with Gasteiger partial charge in [-0.3, -0.25) is 4.79 Å². The number of rotatable bonds is 6. The Morgan fingerprint density at radius 1 is 1.14 bits per heavy atom. The molecule has 2 heterocycles. The molecule has 1 aromatic carbocycles. The largest absolute Gasteiger partial charge is 0.491 e. The molecule has 2 aromatic rings. The Kier molecular flexibility index (Phi) is 9.09. The molecule has 2 fully saturated rings. The van der Waals surface area contributed by atoms with Crippen LogP contribution in [0.25, 0.3) is 10.9 Å². The molecule has 6 nitrogen and oxygen atoms in total. The maximum atomic E-state index is 11.5. The molecule has 0 amide bonds. The van der Waals surface area contributed by atoms with Crippen LogP contribution in [0.4, 0.5) is 0 Å². The summed E-state index contributed by atoms with van der Waals surface area (Å²) in [7, 11) is 2.00. The summed E-state index contributed by atoms with van der Waals surface area (Å²) in [6.07, 6.45) is 10.2. The number of ether oxygens (including phenoxy) is 4. The molecular weight excluding hydrogens is 578 g/mol. The Bertz CT molecular complexity index is 1040. The van der Waals surface area contributed by atoms with Crippen molar-refractivity contribution in [3.05, 3.63) is 21.2 Å². The number of esters is 1. The van der Waals surface area contributed by atoms with E-state index >= 15 is 0 Å². The highest BCUT2D eigenvalue weighted by Crippen LogP contribution is 2.45. The monoisotopic (exact) mass is 613 g/mol. The highest BCUT2D eigenvalue weighted by Gasteiger charge is 2.32. The molecule has 1 aromatic heterocycles. The van der Waals surface area contributed by atoms with Gasteiger partial charge < -0.3 is 23.5 Å². The van der Waals surface area contributed by atoms with E-state index in [2.05, 4.69) is 44.8 Å². The number of aromatic nitrogens is 1. The van der Waals surface area contributed by atoms with Gasteiger partial charge in [-0.05, 0) is 63.1 Å². The number of hydrogen-bond acceptors (Lipinski definition) is 5. The molecule has 0 radical (unpaired) electrons. The number of carbonyl (C=O) groups is 1. The maximum absolute atomic E-state index is 11.5. The highest BCUT2D eigenvalue weighted by molar-refractivity contribution is 9.11. The lowest BCUT2D eigenvalue weighted by Crippen LogP contribution is -2.39. The summed E-state index contributed by atoms with van der Waals surface area (Å²) >= 11 is 7.56. The van der Waals surface area contributed by atoms with Gasteiger partial charge in [-0.2, -0.15) is 0 Å². The summed E-state index contributed by atoms with van der Waals surface area (Å²) in [5.74, 6) is 2.47. The molecule has 194 valence electrons. The number of nitrogens with zero attached hydrogens (tertiary/aromatic N) is 1. The minimum Gasteiger partial charge on any atom is -0.491 e. The molecule has 5 atom stereocenters. The van der Waals surface area contributed by atoms with Gasteiger partial charge in [-0.15, -0.1) is 0 Å². The first-order valence-electron chi connectivity index (χ1n) is 12.8. The van der Waals surface area contributed by atoms with Gasteiger partial charge in [-0.25, -0.2) is 0 Å². The van der Waals surface area contributed by atoms with Gasteiger partial charge >= 0.3 is 5.97 Å². The third kappa shape index (κ3) is 6.55. The molecule has 0 spiro atoms. The molecule has 2 aliphatic rings. The highest BCUT2D eigenvalue weighted by atomic mass is 79.9. The van der Waals surface area contributed by atoms with Crippen LogP contribution in [-0.4, -0.2) is 35.6 Å². The third-order valence-corrected chi connectivity index (χ3v) is 8.69. The van der Waals surface area contributed by atoms with Crippen LogP contribution in [-0.2, 0) is 21.3 Å². The van der Waals surface area contributed by atoms with Gasteiger partial charge in [0.25, 0.3) is 0 Å². The first kappa shape index (κ1) is 26.8. The van der Waals surface area contributed by atoms with Crippen LogP contribution in [0.1, 0.15) is 72.1 Å². The second-order valence-electron chi connectivity index (χ2n) is 10.2. The van der Waals surface area contributed by atoms with E-state index in [-0.39, 0.29) is 18.2 Å². The summed E-state index contributed by atoms with van der Waals surface area (Å²) in [6, 6.07) is 2.08. The van der Waals surface area contributed by atoms with Gasteiger partial charge in [-0.1, -0.05) is 39.0 Å². The predicted octanol–water partition coefficient (Wildman–Crippen LogP) is 7.52. The number of halogens is 2. The second-order valence-corrected chi connectivity index (χ2v) is 11.9. The lowest BCUT2D eigenvalue weighted by molar-refractivity contribution is -0.185. The molecular formula is C27H37Br2NO5. The van der Waals surface area contributed by atoms with Crippen LogP contribution in [0.3, 0.4) is 0 Å². The molecule has 35 heavy (non-hydrogen) atoms. The van der Waals surface area contributed by atoms with Crippen molar-refractivity contribution in [3.8, 4) is 11.5 Å². The molecule has 5 unspecified atom stereocenters. The van der Waals surface area contributed by atoms with Crippen molar-refractivity contribution in [2.45, 2.75) is 90.6 Å². The topological polar surface area (TPSA) is 58.9 Å². The zero-order valence-electron chi connectivity index (χ0n) is 21.1. The van der Waals surface area contributed by atoms with E-state index < -0.39 is 6.29 Å². The molecule has 0 N–H and O–H groups in total. The zero-order valence-corrected chi connectivity index (χ0v) is 24.3. The van der Waals surface area contributed by atoms with Gasteiger partial charge in [0.05, 0.1) is 32.6 Å². The Balaban J connectivity index is 1.56. The van der Waals surface area contributed by atoms with Gasteiger partial charge in [0.15, 0.2) is 0 Å². The van der Waals surface area contributed by atoms with Crippen molar-refractivity contribution < 1.29 is 23.7 Å². The van der Waals surface area contributed by atoms with Gasteiger partial charge in [0, 0.05) is 33.0 Å². The smallest absolute Gasteiger partial charge is 0.302 e. The number of aryl methyl sites for hydroxylation is 1. The van der Waals surface area contributed by atoms with E-state index in [4.69, 9.17) is 18.9 Å². The van der Waals surface area contributed by atoms with E-state index in [1.54, 1.807) is 0 Å². The summed E-state index contributed by atoms with van der Waals surface area (Å²) in [5, 5.41) is 0.947. The van der Waals surface area contributed by atoms with E-state index in [9.17, 15) is 4.79 Å². The lowest BCUT2D eigenvalue weighted by atomic mass is 9.83. The van der Waals surface area contributed by atoms with E-state index in [1.807, 2.05) is 24.7 Å². The molecule has 1 aliphatic heterocycles. The second kappa shape index (κ2) is 11.9. The van der Waals surface area contributed by atoms with Crippen molar-refractivity contribution in [3.63, 3.8) is 0 Å². The van der Waals surface area contributed by atoms with Crippen molar-refractivity contribution in [1.29, 1.82) is 0 Å². The van der Waals surface area contributed by atoms with Crippen molar-refractivity contribution in [2.24, 2.45) is 18.9 Å². The van der Waals surface area contributed by atoms with E-state index in [0.717, 1.165) is 25.6 Å². The minimum atomic E-state index is -0.496. The fourth-order valence-electron chi connectivity index (χ4n) is 5.42. The van der Waals surface area contributed by atoms with Crippen LogP contribution < -0.4 is 9.47 Å². The molecule has 0 bridgehead atoms. The Morgan fingerprint density at radius 2 is 1.89 bits per heavy atom. The zero-order chi connectivity index (χ0) is 25.1. The summed E-state index contributed by atoms with van der Waals surface area (Å²) < 4.78 is 28.1. The van der Waals surface area contributed by atoms with Crippen LogP contribution in [0.2, 0.25) is 0 Å². The number of hydrogen-bond donors (Lipinski definition) is 0. The van der Waals surface area contributed by atoms with E-state index in [0.29, 0.717) is 37.0 Å². The molecule has 4 rings (SSSR count). The van der Waals surface area contributed by atoms with Crippen LogP contribution in [0.15, 0.2) is 21.2 Å². The maximum Gasteiger partial charge on any atom is 0.302 e. The number of carbonyl (C=O) groups excluding carboxylic acids is 1. The normalized spacial score (nSPS) is 27.8. The standard InChI is InChI=1S/C27H37Br2NO5/c1-16-9-7-5-6-8-10-19(16)15-32-27-21(28)13-22-25(26(27)29)23(14-30(22)4)35-24-12-20(34-18(3)31)11-17(2)33-24/h13-14,16-17,19-20,24H,5-12,15H2,1-4H3. The summed E-state index contributed by atoms with van der Waals surface area (Å²) in [5.41, 5.74) is 1.02. The first-order valence-corrected chi connectivity index (χ1v) is 14.4. The average Bonchev–Trinajstić information content (AvgIpc) is 3.06. The molecule has 8 heteroatoms. The Morgan fingerprint density at radius 3 is 2.63 bits per heavy atom. The van der Waals surface area contributed by atoms with Crippen molar-refractivity contribution in [2.75, 3.05) is 6.61 Å². The van der Waals surface area contributed by atoms with Gasteiger partial charge in [0.2, 0.25) is 6.29 Å². The molecule has 1 aliphatic carbocycles. The van der Waals surface area contributed by atoms with Crippen LogP contribution in [0.5, 0.6) is 11.5 Å². The number of benzene rings is 1. The summed E-state index contributed by atoms with van der Waals surface area (Å²) in [6.45, 7) is 6.49. The first-order chi connectivity index (χ1) is 16.7. The third-order valence-electron chi connectivity index (χ3n) is 7.35.